The first-order chi connectivity index (χ1) is 25.0. The molecule has 1 fully saturated rings. The highest BCUT2D eigenvalue weighted by Crippen LogP contribution is 2.52. The Kier molecular flexibility index (Phi) is 15.7. The number of carbonyl (C=O) groups excluding carboxylic acids is 1. The second-order valence-electron chi connectivity index (χ2n) is 14.2. The van der Waals surface area contributed by atoms with E-state index in [0.29, 0.717) is 4.91 Å². The molecule has 2 unspecified atom stereocenters. The Morgan fingerprint density at radius 3 is 1.82 bits per heavy atom. The number of aliphatic carboxylic acids is 1. The molecule has 2 aliphatic heterocycles. The highest BCUT2D eigenvalue weighted by Gasteiger charge is 2.40. The van der Waals surface area contributed by atoms with Crippen molar-refractivity contribution in [3.05, 3.63) is 106 Å². The fourth-order valence-electron chi connectivity index (χ4n) is 7.73. The van der Waals surface area contributed by atoms with Crippen LogP contribution in [0.25, 0.3) is 6.08 Å². The third-order valence-corrected chi connectivity index (χ3v) is 11.7. The van der Waals surface area contributed by atoms with E-state index in [-0.39, 0.29) is 22.2 Å². The van der Waals surface area contributed by atoms with Gasteiger partial charge in [-0.25, -0.2) is 0 Å². The number of benzene rings is 3. The van der Waals surface area contributed by atoms with Crippen LogP contribution in [0.15, 0.2) is 83.8 Å². The van der Waals surface area contributed by atoms with Gasteiger partial charge in [-0.05, 0) is 46.9 Å². The quantitative estimate of drug-likeness (QED) is 0.0632. The van der Waals surface area contributed by atoms with Gasteiger partial charge in [0.25, 0.3) is 5.91 Å². The molecule has 51 heavy (non-hydrogen) atoms. The van der Waals surface area contributed by atoms with Crippen molar-refractivity contribution in [1.29, 1.82) is 0 Å². The van der Waals surface area contributed by atoms with Gasteiger partial charge in [-0.2, -0.15) is 0 Å². The lowest BCUT2D eigenvalue weighted by molar-refractivity contribution is -0.140. The first-order valence-electron chi connectivity index (χ1n) is 19.5. The van der Waals surface area contributed by atoms with Crippen LogP contribution in [0.4, 0.5) is 5.69 Å². The highest BCUT2D eigenvalue weighted by molar-refractivity contribution is 8.26. The topological polar surface area (TPSA) is 60.9 Å². The average Bonchev–Trinajstić information content (AvgIpc) is 3.60. The zero-order valence-corrected chi connectivity index (χ0v) is 32.1. The number of anilines is 1. The third-order valence-electron chi connectivity index (χ3n) is 10.4. The van der Waals surface area contributed by atoms with Gasteiger partial charge in [0.05, 0.1) is 10.9 Å². The number of rotatable bonds is 22. The Hall–Kier alpha value is -3.42. The molecule has 0 spiro atoms. The predicted molar refractivity (Wildman–Crippen MR) is 218 cm³/mol. The number of carboxylic acids is 1. The summed E-state index contributed by atoms with van der Waals surface area (Å²) in [7, 11) is 0. The van der Waals surface area contributed by atoms with E-state index in [1.165, 1.54) is 135 Å². The minimum Gasteiger partial charge on any atom is -0.480 e. The van der Waals surface area contributed by atoms with Crippen LogP contribution < -0.4 is 4.90 Å². The lowest BCUT2D eigenvalue weighted by atomic mass is 9.84. The number of carbonyl (C=O) groups is 2. The Labute approximate surface area is 315 Å². The summed E-state index contributed by atoms with van der Waals surface area (Å²) < 4.78 is 0.283. The summed E-state index contributed by atoms with van der Waals surface area (Å²) in [5, 5.41) is 9.27. The number of hydrogen-bond donors (Lipinski definition) is 1. The molecule has 5 nitrogen and oxygen atoms in total. The molecule has 1 saturated heterocycles. The first-order valence-corrected chi connectivity index (χ1v) is 20.7. The molecule has 5 rings (SSSR count). The van der Waals surface area contributed by atoms with Gasteiger partial charge < -0.3 is 10.0 Å². The molecule has 3 aromatic carbocycles. The van der Waals surface area contributed by atoms with E-state index < -0.39 is 12.5 Å². The molecule has 0 aromatic heterocycles. The number of unbranched alkanes of at least 4 members (excludes halogenated alkanes) is 15. The number of fused-ring (bicyclic) bond motifs is 1. The number of carboxylic acid groups (broad SMARTS) is 1. The lowest BCUT2D eigenvalue weighted by Gasteiger charge is -2.31. The second-order valence-corrected chi connectivity index (χ2v) is 15.9. The lowest BCUT2D eigenvalue weighted by Crippen LogP contribution is -2.33. The van der Waals surface area contributed by atoms with Crippen LogP contribution in [-0.4, -0.2) is 39.3 Å². The second kappa shape index (κ2) is 20.6. The Morgan fingerprint density at radius 1 is 0.745 bits per heavy atom. The zero-order valence-electron chi connectivity index (χ0n) is 30.4. The molecule has 1 amide bonds. The molecule has 0 saturated carbocycles. The fourth-order valence-corrected chi connectivity index (χ4v) is 8.99. The summed E-state index contributed by atoms with van der Waals surface area (Å²) in [6.07, 6.45) is 23.6. The molecule has 2 aliphatic rings. The van der Waals surface area contributed by atoms with Crippen LogP contribution in [0.2, 0.25) is 0 Å². The van der Waals surface area contributed by atoms with E-state index >= 15 is 0 Å². The van der Waals surface area contributed by atoms with Gasteiger partial charge in [0.2, 0.25) is 0 Å². The van der Waals surface area contributed by atoms with Crippen molar-refractivity contribution in [2.75, 3.05) is 18.0 Å². The van der Waals surface area contributed by atoms with Crippen LogP contribution in [0.5, 0.6) is 0 Å². The van der Waals surface area contributed by atoms with Gasteiger partial charge in [0.15, 0.2) is 0 Å². The standard InChI is InChI=1S/C44H56N2O3S2/c1-2-3-4-5-6-7-8-9-10-11-12-13-14-15-16-23-30-45-38-29-28-34(32-39-43(49)46(33-40(47)48)44(50)51-39)31-37(38)41(35-24-19-17-20-25-35)42(45)36-26-21-18-22-27-36/h17-22,24-29,31-32,41-42H,2-16,23,30,33H2,1H3,(H,47,48). The molecule has 272 valence electrons. The van der Waals surface area contributed by atoms with E-state index in [4.69, 9.17) is 12.2 Å². The molecule has 2 heterocycles. The van der Waals surface area contributed by atoms with Crippen molar-refractivity contribution >= 4 is 51.9 Å². The molecule has 2 atom stereocenters. The smallest absolute Gasteiger partial charge is 0.323 e. The Balaban J connectivity index is 1.21. The molecule has 1 N–H and O–H groups in total. The van der Waals surface area contributed by atoms with Gasteiger partial charge in [0, 0.05) is 18.2 Å². The zero-order chi connectivity index (χ0) is 35.8. The van der Waals surface area contributed by atoms with Crippen LogP contribution in [0.3, 0.4) is 0 Å². The number of amides is 1. The molecular formula is C44H56N2O3S2. The Bertz CT molecular complexity index is 1590. The van der Waals surface area contributed by atoms with Gasteiger partial charge in [-0.3, -0.25) is 14.5 Å². The highest BCUT2D eigenvalue weighted by atomic mass is 32.2. The fraction of sp³-hybridized carbons (Fsp3) is 0.477. The number of hydrogen-bond acceptors (Lipinski definition) is 5. The van der Waals surface area contributed by atoms with E-state index in [2.05, 4.69) is 90.7 Å². The SMILES string of the molecule is CCCCCCCCCCCCCCCCCCN1c2ccc(C=C3SC(=S)N(CC(=O)O)C3=O)cc2C(c2ccccc2)C1c1ccccc1. The van der Waals surface area contributed by atoms with E-state index in [9.17, 15) is 14.7 Å². The van der Waals surface area contributed by atoms with Crippen molar-refractivity contribution in [1.82, 2.24) is 4.90 Å². The molecule has 7 heteroatoms. The Morgan fingerprint density at radius 2 is 1.27 bits per heavy atom. The number of nitrogens with zero attached hydrogens (tertiary/aromatic N) is 2. The van der Waals surface area contributed by atoms with E-state index in [1.807, 2.05) is 6.08 Å². The van der Waals surface area contributed by atoms with Gasteiger partial charge in [-0.1, -0.05) is 194 Å². The maximum atomic E-state index is 13.1. The maximum absolute atomic E-state index is 13.1. The van der Waals surface area contributed by atoms with E-state index in [1.54, 1.807) is 0 Å². The summed E-state index contributed by atoms with van der Waals surface area (Å²) in [6.45, 7) is 2.85. The maximum Gasteiger partial charge on any atom is 0.323 e. The summed E-state index contributed by atoms with van der Waals surface area (Å²) in [6, 6.07) is 28.3. The molecule has 3 aromatic rings. The monoisotopic (exact) mass is 724 g/mol. The van der Waals surface area contributed by atoms with Gasteiger partial charge in [-0.15, -0.1) is 0 Å². The molecule has 0 bridgehead atoms. The summed E-state index contributed by atoms with van der Waals surface area (Å²) >= 11 is 6.52. The third kappa shape index (κ3) is 11.0. The van der Waals surface area contributed by atoms with Gasteiger partial charge in [0.1, 0.15) is 10.9 Å². The van der Waals surface area contributed by atoms with Crippen LogP contribution >= 0.6 is 24.0 Å². The van der Waals surface area contributed by atoms with Crippen LogP contribution in [-0.2, 0) is 9.59 Å². The normalized spacial score (nSPS) is 17.9. The van der Waals surface area contributed by atoms with Crippen molar-refractivity contribution in [2.24, 2.45) is 0 Å². The molecule has 0 aliphatic carbocycles. The average molecular weight is 725 g/mol. The largest absolute Gasteiger partial charge is 0.480 e. The van der Waals surface area contributed by atoms with Crippen molar-refractivity contribution in [2.45, 2.75) is 122 Å². The predicted octanol–water partition coefficient (Wildman–Crippen LogP) is 11.9. The number of thiocarbonyl (C=S) groups is 1. The van der Waals surface area contributed by atoms with Crippen molar-refractivity contribution < 1.29 is 14.7 Å². The van der Waals surface area contributed by atoms with Gasteiger partial charge >= 0.3 is 5.97 Å². The summed E-state index contributed by atoms with van der Waals surface area (Å²) in [4.78, 5) is 28.6. The van der Waals surface area contributed by atoms with Crippen LogP contribution in [0, 0.1) is 0 Å². The first kappa shape index (κ1) is 38.8. The summed E-state index contributed by atoms with van der Waals surface area (Å²) in [5.41, 5.74) is 5.99. The van der Waals surface area contributed by atoms with Crippen molar-refractivity contribution in [3.8, 4) is 0 Å². The molecule has 0 radical (unpaired) electrons. The number of thioether (sulfide) groups is 1. The molecular weight excluding hydrogens is 669 g/mol. The van der Waals surface area contributed by atoms with Crippen LogP contribution in [0.1, 0.15) is 144 Å². The summed E-state index contributed by atoms with van der Waals surface area (Å²) in [5.74, 6) is -1.30. The minimum absolute atomic E-state index is 0.125. The van der Waals surface area contributed by atoms with E-state index in [0.717, 1.165) is 18.5 Å². The minimum atomic E-state index is -1.08. The van der Waals surface area contributed by atoms with Crippen molar-refractivity contribution in [3.63, 3.8) is 0 Å².